The maximum absolute atomic E-state index is 13.3. The normalized spacial score (nSPS) is 22.1. The van der Waals surface area contributed by atoms with Gasteiger partial charge in [0.2, 0.25) is 5.75 Å². The molecule has 5 rings (SSSR count). The molecule has 7 heteroatoms. The third-order valence-corrected chi connectivity index (χ3v) is 7.02. The van der Waals surface area contributed by atoms with Gasteiger partial charge in [-0.1, -0.05) is 43.3 Å². The second-order valence-electron chi connectivity index (χ2n) is 8.52. The minimum Gasteiger partial charge on any atom is -0.493 e. The highest BCUT2D eigenvalue weighted by atomic mass is 16.5. The Labute approximate surface area is 198 Å². The predicted molar refractivity (Wildman–Crippen MR) is 127 cm³/mol. The van der Waals surface area contributed by atoms with Crippen LogP contribution in [0.2, 0.25) is 0 Å². The number of amides is 2. The van der Waals surface area contributed by atoms with Crippen LogP contribution >= 0.6 is 0 Å². The maximum Gasteiger partial charge on any atom is 0.252 e. The van der Waals surface area contributed by atoms with Crippen molar-refractivity contribution in [3.05, 3.63) is 88.5 Å². The topological polar surface area (TPSA) is 85.9 Å². The van der Waals surface area contributed by atoms with E-state index in [2.05, 4.69) is 10.6 Å². The third kappa shape index (κ3) is 2.89. The highest BCUT2D eigenvalue weighted by molar-refractivity contribution is 6.01. The van der Waals surface area contributed by atoms with Gasteiger partial charge in [-0.25, -0.2) is 0 Å². The third-order valence-electron chi connectivity index (χ3n) is 7.02. The van der Waals surface area contributed by atoms with Crippen LogP contribution in [0.1, 0.15) is 50.4 Å². The summed E-state index contributed by atoms with van der Waals surface area (Å²) in [5.41, 5.74) is 2.72. The zero-order valence-electron chi connectivity index (χ0n) is 19.5. The quantitative estimate of drug-likeness (QED) is 0.607. The summed E-state index contributed by atoms with van der Waals surface area (Å²) in [5, 5.41) is 6.44. The lowest BCUT2D eigenvalue weighted by atomic mass is 9.78. The number of fused-ring (bicyclic) bond motifs is 4. The van der Waals surface area contributed by atoms with E-state index in [1.54, 1.807) is 33.5 Å². The van der Waals surface area contributed by atoms with E-state index in [0.717, 1.165) is 16.7 Å². The summed E-state index contributed by atoms with van der Waals surface area (Å²) >= 11 is 0. The number of hydrogen-bond acceptors (Lipinski definition) is 5. The number of hydrogen-bond donors (Lipinski definition) is 2. The van der Waals surface area contributed by atoms with Crippen LogP contribution in [0.25, 0.3) is 0 Å². The van der Waals surface area contributed by atoms with Crippen molar-refractivity contribution in [2.75, 3.05) is 21.3 Å². The fourth-order valence-corrected chi connectivity index (χ4v) is 5.48. The van der Waals surface area contributed by atoms with Crippen LogP contribution in [-0.4, -0.2) is 33.1 Å². The van der Waals surface area contributed by atoms with Gasteiger partial charge in [-0.2, -0.15) is 0 Å². The van der Waals surface area contributed by atoms with E-state index in [9.17, 15) is 9.59 Å². The van der Waals surface area contributed by atoms with Gasteiger partial charge in [-0.3, -0.25) is 9.59 Å². The van der Waals surface area contributed by atoms with Crippen LogP contribution in [0, 0.1) is 5.92 Å². The number of carbonyl (C=O) groups excluding carboxylic acids is 2. The lowest BCUT2D eigenvalue weighted by Gasteiger charge is -2.33. The van der Waals surface area contributed by atoms with E-state index in [4.69, 9.17) is 14.2 Å². The fraction of sp³-hybridized carbons (Fsp3) is 0.259. The Kier molecular flexibility index (Phi) is 5.20. The van der Waals surface area contributed by atoms with Gasteiger partial charge in [0.15, 0.2) is 11.5 Å². The van der Waals surface area contributed by atoms with Crippen molar-refractivity contribution in [2.24, 2.45) is 5.92 Å². The van der Waals surface area contributed by atoms with Crippen molar-refractivity contribution in [1.29, 1.82) is 0 Å². The lowest BCUT2D eigenvalue weighted by molar-refractivity contribution is 0.0895. The van der Waals surface area contributed by atoms with Gasteiger partial charge in [-0.05, 0) is 35.4 Å². The average Bonchev–Trinajstić information content (AvgIpc) is 3.30. The Morgan fingerprint density at radius 3 is 2.26 bits per heavy atom. The molecular formula is C27H26N2O5. The molecule has 1 aliphatic carbocycles. The molecule has 0 radical (unpaired) electrons. The molecule has 2 amide bonds. The van der Waals surface area contributed by atoms with Crippen molar-refractivity contribution >= 4 is 11.8 Å². The van der Waals surface area contributed by atoms with Crippen LogP contribution in [0.5, 0.6) is 17.2 Å². The van der Waals surface area contributed by atoms with Gasteiger partial charge in [-0.15, -0.1) is 0 Å². The largest absolute Gasteiger partial charge is 0.493 e. The highest BCUT2D eigenvalue weighted by Gasteiger charge is 2.58. The molecule has 2 N–H and O–H groups in total. The number of benzene rings is 3. The molecule has 0 aromatic heterocycles. The Hall–Kier alpha value is -4.00. The number of methoxy groups -OCH3 is 3. The molecule has 1 heterocycles. The van der Waals surface area contributed by atoms with Gasteiger partial charge >= 0.3 is 0 Å². The molecule has 0 saturated carbocycles. The number of rotatable bonds is 5. The second-order valence-corrected chi connectivity index (χ2v) is 8.52. The zero-order valence-corrected chi connectivity index (χ0v) is 19.5. The Morgan fingerprint density at radius 1 is 0.912 bits per heavy atom. The Morgan fingerprint density at radius 2 is 1.59 bits per heavy atom. The highest BCUT2D eigenvalue weighted by Crippen LogP contribution is 2.60. The van der Waals surface area contributed by atoms with Crippen LogP contribution in [0.4, 0.5) is 0 Å². The molecule has 1 aliphatic heterocycles. The SMILES string of the molecule is COc1cc2c(c(OC)c1OC)[C@H](NC(=O)c1ccccc1)[C@@H](C)[C@@]21NC(=O)c2ccccc21. The predicted octanol–water partition coefficient (Wildman–Crippen LogP) is 3.82. The average molecular weight is 459 g/mol. The van der Waals surface area contributed by atoms with E-state index in [-0.39, 0.29) is 17.7 Å². The molecule has 0 fully saturated rings. The summed E-state index contributed by atoms with van der Waals surface area (Å²) in [7, 11) is 4.67. The molecule has 3 atom stereocenters. The van der Waals surface area contributed by atoms with Crippen LogP contribution in [0.3, 0.4) is 0 Å². The van der Waals surface area contributed by atoms with E-state index >= 15 is 0 Å². The Balaban J connectivity index is 1.76. The minimum absolute atomic E-state index is 0.155. The van der Waals surface area contributed by atoms with Crippen molar-refractivity contribution in [3.63, 3.8) is 0 Å². The number of nitrogens with one attached hydrogen (secondary N) is 2. The number of carbonyl (C=O) groups is 2. The fourth-order valence-electron chi connectivity index (χ4n) is 5.48. The first-order valence-electron chi connectivity index (χ1n) is 11.1. The van der Waals surface area contributed by atoms with Crippen molar-refractivity contribution in [1.82, 2.24) is 10.6 Å². The first kappa shape index (κ1) is 21.8. The van der Waals surface area contributed by atoms with Gasteiger partial charge in [0.05, 0.1) is 32.9 Å². The lowest BCUT2D eigenvalue weighted by Crippen LogP contribution is -2.46. The molecular weight excluding hydrogens is 432 g/mol. The van der Waals surface area contributed by atoms with Crippen molar-refractivity contribution < 1.29 is 23.8 Å². The van der Waals surface area contributed by atoms with Crippen LogP contribution in [0.15, 0.2) is 60.7 Å². The molecule has 3 aromatic carbocycles. The van der Waals surface area contributed by atoms with E-state index in [0.29, 0.717) is 28.4 Å². The molecule has 1 spiro atoms. The van der Waals surface area contributed by atoms with E-state index in [1.165, 1.54) is 0 Å². The van der Waals surface area contributed by atoms with Gasteiger partial charge in [0.25, 0.3) is 11.8 Å². The van der Waals surface area contributed by atoms with Gasteiger partial charge in [0, 0.05) is 22.6 Å². The van der Waals surface area contributed by atoms with E-state index in [1.807, 2.05) is 55.5 Å². The monoisotopic (exact) mass is 458 g/mol. The molecule has 0 unspecified atom stereocenters. The Bertz CT molecular complexity index is 1290. The standard InChI is InChI=1S/C27H26N2O5/c1-15-22(28-25(30)16-10-6-5-7-11-16)21-19(14-20(32-2)23(33-3)24(21)34-4)27(15)18-13-9-8-12-17(18)26(31)29-27/h5-15,22H,1-4H3,(H,28,30)(H,29,31)/t15-,22-,27+/m1/s1. The van der Waals surface area contributed by atoms with Gasteiger partial charge < -0.3 is 24.8 Å². The minimum atomic E-state index is -0.871. The van der Waals surface area contributed by atoms with Gasteiger partial charge in [0.1, 0.15) is 0 Å². The first-order chi connectivity index (χ1) is 16.5. The summed E-state index contributed by atoms with van der Waals surface area (Å²) in [6.45, 7) is 2.02. The molecule has 3 aromatic rings. The summed E-state index contributed by atoms with van der Waals surface area (Å²) < 4.78 is 17.1. The molecule has 0 bridgehead atoms. The maximum atomic E-state index is 13.3. The summed E-state index contributed by atoms with van der Waals surface area (Å²) in [6, 6.07) is 18.0. The molecule has 34 heavy (non-hydrogen) atoms. The van der Waals surface area contributed by atoms with E-state index < -0.39 is 11.6 Å². The summed E-state index contributed by atoms with van der Waals surface area (Å²) in [5.74, 6) is 0.779. The second kappa shape index (κ2) is 8.09. The molecule has 0 saturated heterocycles. The summed E-state index contributed by atoms with van der Waals surface area (Å²) in [6.07, 6.45) is 0. The molecule has 2 aliphatic rings. The van der Waals surface area contributed by atoms with Crippen LogP contribution < -0.4 is 24.8 Å². The van der Waals surface area contributed by atoms with Crippen molar-refractivity contribution in [3.8, 4) is 17.2 Å². The van der Waals surface area contributed by atoms with Crippen molar-refractivity contribution in [2.45, 2.75) is 18.5 Å². The smallest absolute Gasteiger partial charge is 0.252 e. The summed E-state index contributed by atoms with van der Waals surface area (Å²) in [4.78, 5) is 26.3. The van der Waals surface area contributed by atoms with Crippen LogP contribution in [-0.2, 0) is 5.54 Å². The number of ether oxygens (including phenoxy) is 3. The zero-order chi connectivity index (χ0) is 24.0. The molecule has 174 valence electrons. The first-order valence-corrected chi connectivity index (χ1v) is 11.1. The molecule has 7 nitrogen and oxygen atoms in total.